The number of aryl methyl sites for hydroxylation is 1. The third kappa shape index (κ3) is 2.80. The number of nitrogens with zero attached hydrogens (tertiary/aromatic N) is 4. The molecule has 1 saturated heterocycles. The van der Waals surface area contributed by atoms with Crippen LogP contribution in [0, 0.1) is 6.92 Å². The van der Waals surface area contributed by atoms with Crippen molar-refractivity contribution < 1.29 is 4.52 Å². The Morgan fingerprint density at radius 3 is 3.00 bits per heavy atom. The number of hydrogen-bond donors (Lipinski definition) is 1. The number of aromatic nitrogens is 3. The molecule has 3 rings (SSSR count). The number of rotatable bonds is 3. The molecular formula is C13H17N5O. The Morgan fingerprint density at radius 1 is 1.37 bits per heavy atom. The van der Waals surface area contributed by atoms with Gasteiger partial charge < -0.3 is 9.84 Å². The van der Waals surface area contributed by atoms with E-state index in [1.807, 2.05) is 19.1 Å². The van der Waals surface area contributed by atoms with Crippen molar-refractivity contribution in [2.75, 3.05) is 26.2 Å². The molecule has 1 N–H and O–H groups in total. The fraction of sp³-hybridized carbons (Fsp3) is 0.462. The van der Waals surface area contributed by atoms with Crippen molar-refractivity contribution in [3.8, 4) is 11.6 Å². The minimum absolute atomic E-state index is 0.503. The first-order valence-corrected chi connectivity index (χ1v) is 6.50. The molecule has 0 saturated carbocycles. The molecule has 0 amide bonds. The van der Waals surface area contributed by atoms with E-state index in [4.69, 9.17) is 4.52 Å². The Morgan fingerprint density at radius 2 is 2.21 bits per heavy atom. The van der Waals surface area contributed by atoms with E-state index in [9.17, 15) is 0 Å². The fourth-order valence-corrected chi connectivity index (χ4v) is 2.19. The van der Waals surface area contributed by atoms with Crippen molar-refractivity contribution in [1.82, 2.24) is 25.3 Å². The predicted octanol–water partition coefficient (Wildman–Crippen LogP) is 0.845. The lowest BCUT2D eigenvalue weighted by atomic mass is 10.2. The van der Waals surface area contributed by atoms with E-state index in [2.05, 4.69) is 25.3 Å². The molecule has 1 aliphatic heterocycles. The van der Waals surface area contributed by atoms with Crippen molar-refractivity contribution >= 4 is 0 Å². The second kappa shape index (κ2) is 5.46. The van der Waals surface area contributed by atoms with Gasteiger partial charge in [-0.1, -0.05) is 11.2 Å². The summed E-state index contributed by atoms with van der Waals surface area (Å²) in [5.74, 6) is 1.23. The number of piperazine rings is 1. The summed E-state index contributed by atoms with van der Waals surface area (Å²) in [5.41, 5.74) is 1.81. The summed E-state index contributed by atoms with van der Waals surface area (Å²) in [6, 6.07) is 3.89. The van der Waals surface area contributed by atoms with Gasteiger partial charge in [0.05, 0.1) is 6.54 Å². The van der Waals surface area contributed by atoms with Crippen molar-refractivity contribution in [3.05, 3.63) is 29.7 Å². The molecule has 0 atom stereocenters. The highest BCUT2D eigenvalue weighted by atomic mass is 16.5. The average molecular weight is 259 g/mol. The van der Waals surface area contributed by atoms with Gasteiger partial charge in [0.25, 0.3) is 5.89 Å². The Labute approximate surface area is 111 Å². The van der Waals surface area contributed by atoms with E-state index in [1.54, 1.807) is 6.20 Å². The van der Waals surface area contributed by atoms with Gasteiger partial charge in [-0.25, -0.2) is 0 Å². The zero-order chi connectivity index (χ0) is 13.1. The van der Waals surface area contributed by atoms with Crippen molar-refractivity contribution in [1.29, 1.82) is 0 Å². The SMILES string of the molecule is Cc1cccnc1-c1nc(CN2CCNCC2)no1. The van der Waals surface area contributed by atoms with E-state index in [0.717, 1.165) is 49.8 Å². The van der Waals surface area contributed by atoms with Crippen LogP contribution >= 0.6 is 0 Å². The topological polar surface area (TPSA) is 67.1 Å². The van der Waals surface area contributed by atoms with Crippen molar-refractivity contribution in [2.24, 2.45) is 0 Å². The summed E-state index contributed by atoms with van der Waals surface area (Å²) < 4.78 is 5.31. The van der Waals surface area contributed by atoms with Crippen LogP contribution in [0.1, 0.15) is 11.4 Å². The van der Waals surface area contributed by atoms with Crippen LogP contribution in [-0.4, -0.2) is 46.2 Å². The van der Waals surface area contributed by atoms with Gasteiger partial charge in [-0.05, 0) is 18.6 Å². The summed E-state index contributed by atoms with van der Waals surface area (Å²) in [4.78, 5) is 11.0. The van der Waals surface area contributed by atoms with Crippen LogP contribution in [-0.2, 0) is 6.54 Å². The van der Waals surface area contributed by atoms with Gasteiger partial charge in [-0.15, -0.1) is 0 Å². The Kier molecular flexibility index (Phi) is 3.52. The summed E-state index contributed by atoms with van der Waals surface area (Å²) in [6.45, 7) is 6.80. The molecule has 3 heterocycles. The molecule has 19 heavy (non-hydrogen) atoms. The lowest BCUT2D eigenvalue weighted by Gasteiger charge is -2.25. The zero-order valence-electron chi connectivity index (χ0n) is 11.0. The minimum atomic E-state index is 0.503. The van der Waals surface area contributed by atoms with E-state index < -0.39 is 0 Å². The van der Waals surface area contributed by atoms with E-state index in [-0.39, 0.29) is 0 Å². The highest BCUT2D eigenvalue weighted by Gasteiger charge is 2.16. The third-order valence-corrected chi connectivity index (χ3v) is 3.25. The van der Waals surface area contributed by atoms with Crippen LogP contribution in [0.15, 0.2) is 22.9 Å². The van der Waals surface area contributed by atoms with Gasteiger partial charge in [0.2, 0.25) is 0 Å². The third-order valence-electron chi connectivity index (χ3n) is 3.25. The molecule has 0 aliphatic carbocycles. The maximum atomic E-state index is 5.31. The standard InChI is InChI=1S/C13H17N5O/c1-10-3-2-4-15-12(10)13-16-11(17-19-13)9-18-7-5-14-6-8-18/h2-4,14H,5-9H2,1H3. The summed E-state index contributed by atoms with van der Waals surface area (Å²) in [6.07, 6.45) is 1.74. The van der Waals surface area contributed by atoms with Gasteiger partial charge >= 0.3 is 0 Å². The molecule has 1 fully saturated rings. The molecule has 0 bridgehead atoms. The Hall–Kier alpha value is -1.79. The first kappa shape index (κ1) is 12.3. The maximum absolute atomic E-state index is 5.31. The average Bonchev–Trinajstić information content (AvgIpc) is 2.89. The molecule has 2 aromatic heterocycles. The second-order valence-corrected chi connectivity index (χ2v) is 4.71. The molecule has 6 heteroatoms. The fourth-order valence-electron chi connectivity index (χ4n) is 2.19. The molecule has 0 radical (unpaired) electrons. The highest BCUT2D eigenvalue weighted by molar-refractivity contribution is 5.51. The molecule has 1 aliphatic rings. The summed E-state index contributed by atoms with van der Waals surface area (Å²) in [7, 11) is 0. The normalized spacial score (nSPS) is 16.7. The highest BCUT2D eigenvalue weighted by Crippen LogP contribution is 2.18. The molecule has 6 nitrogen and oxygen atoms in total. The molecule has 0 spiro atoms. The quantitative estimate of drug-likeness (QED) is 0.881. The van der Waals surface area contributed by atoms with Crippen LogP contribution in [0.2, 0.25) is 0 Å². The van der Waals surface area contributed by atoms with Gasteiger partial charge in [0, 0.05) is 32.4 Å². The van der Waals surface area contributed by atoms with Crippen LogP contribution in [0.5, 0.6) is 0 Å². The van der Waals surface area contributed by atoms with Gasteiger partial charge in [0.1, 0.15) is 5.69 Å². The largest absolute Gasteiger partial charge is 0.332 e. The van der Waals surface area contributed by atoms with Crippen LogP contribution in [0.3, 0.4) is 0 Å². The monoisotopic (exact) mass is 259 g/mol. The first-order valence-electron chi connectivity index (χ1n) is 6.50. The second-order valence-electron chi connectivity index (χ2n) is 4.71. The van der Waals surface area contributed by atoms with Gasteiger partial charge in [-0.3, -0.25) is 9.88 Å². The summed E-state index contributed by atoms with van der Waals surface area (Å²) in [5, 5.41) is 7.36. The Bertz CT molecular complexity index is 547. The van der Waals surface area contributed by atoms with E-state index in [0.29, 0.717) is 5.89 Å². The Balaban J connectivity index is 1.74. The molecule has 100 valence electrons. The first-order chi connectivity index (χ1) is 9.33. The number of hydrogen-bond acceptors (Lipinski definition) is 6. The van der Waals surface area contributed by atoms with E-state index in [1.165, 1.54) is 0 Å². The minimum Gasteiger partial charge on any atom is -0.332 e. The molecular weight excluding hydrogens is 242 g/mol. The van der Waals surface area contributed by atoms with Gasteiger partial charge in [-0.2, -0.15) is 4.98 Å². The van der Waals surface area contributed by atoms with Crippen molar-refractivity contribution in [3.63, 3.8) is 0 Å². The lowest BCUT2D eigenvalue weighted by molar-refractivity contribution is 0.225. The smallest absolute Gasteiger partial charge is 0.276 e. The summed E-state index contributed by atoms with van der Waals surface area (Å²) >= 11 is 0. The number of pyridine rings is 1. The lowest BCUT2D eigenvalue weighted by Crippen LogP contribution is -2.43. The van der Waals surface area contributed by atoms with Crippen molar-refractivity contribution in [2.45, 2.75) is 13.5 Å². The van der Waals surface area contributed by atoms with Crippen LogP contribution < -0.4 is 5.32 Å². The molecule has 0 unspecified atom stereocenters. The predicted molar refractivity (Wildman–Crippen MR) is 70.4 cm³/mol. The van der Waals surface area contributed by atoms with E-state index >= 15 is 0 Å². The van der Waals surface area contributed by atoms with Gasteiger partial charge in [0.15, 0.2) is 5.82 Å². The zero-order valence-corrected chi connectivity index (χ0v) is 11.0. The molecule has 0 aromatic carbocycles. The van der Waals surface area contributed by atoms with Crippen LogP contribution in [0.4, 0.5) is 0 Å². The maximum Gasteiger partial charge on any atom is 0.276 e. The van der Waals surface area contributed by atoms with Crippen LogP contribution in [0.25, 0.3) is 11.6 Å². The molecule has 2 aromatic rings. The number of nitrogens with one attached hydrogen (secondary N) is 1.